The van der Waals surface area contributed by atoms with Crippen molar-refractivity contribution in [3.63, 3.8) is 0 Å². The minimum Gasteiger partial charge on any atom is -0.395 e. The molecule has 0 saturated heterocycles. The lowest BCUT2D eigenvalue weighted by Gasteiger charge is -2.28. The van der Waals surface area contributed by atoms with Gasteiger partial charge < -0.3 is 10.0 Å². The first-order valence-electron chi connectivity index (χ1n) is 6.90. The summed E-state index contributed by atoms with van der Waals surface area (Å²) in [5.74, 6) is 0. The number of hydrogen-bond acceptors (Lipinski definition) is 3. The summed E-state index contributed by atoms with van der Waals surface area (Å²) in [6, 6.07) is 20.9. The van der Waals surface area contributed by atoms with E-state index < -0.39 is 0 Å². The highest BCUT2D eigenvalue weighted by Gasteiger charge is 2.32. The fourth-order valence-electron chi connectivity index (χ4n) is 2.75. The highest BCUT2D eigenvalue weighted by atomic mass is 16.3. The van der Waals surface area contributed by atoms with Crippen molar-refractivity contribution in [2.75, 3.05) is 13.2 Å². The van der Waals surface area contributed by atoms with Crippen LogP contribution in [0, 0.1) is 0 Å². The van der Waals surface area contributed by atoms with E-state index in [1.54, 1.807) is 0 Å². The second-order valence-electron chi connectivity index (χ2n) is 4.94. The summed E-state index contributed by atoms with van der Waals surface area (Å²) in [7, 11) is 0. The minimum absolute atomic E-state index is 0.0881. The van der Waals surface area contributed by atoms with Crippen LogP contribution < -0.4 is 0 Å². The zero-order valence-corrected chi connectivity index (χ0v) is 11.3. The predicted molar refractivity (Wildman–Crippen MR) is 80.6 cm³/mol. The molecule has 1 aliphatic rings. The van der Waals surface area contributed by atoms with Gasteiger partial charge in [0.2, 0.25) is 0 Å². The van der Waals surface area contributed by atoms with Crippen molar-refractivity contribution in [2.45, 2.75) is 12.1 Å². The second kappa shape index (κ2) is 5.88. The van der Waals surface area contributed by atoms with E-state index in [0.717, 1.165) is 0 Å². The van der Waals surface area contributed by atoms with Gasteiger partial charge in [-0.1, -0.05) is 60.7 Å². The fourth-order valence-corrected chi connectivity index (χ4v) is 2.75. The number of benzene rings is 2. The van der Waals surface area contributed by atoms with Crippen molar-refractivity contribution in [1.29, 1.82) is 0 Å². The van der Waals surface area contributed by atoms with Crippen LogP contribution >= 0.6 is 0 Å². The van der Waals surface area contributed by atoms with E-state index in [4.69, 9.17) is 0 Å². The molecular formula is C17H18N2O. The Bertz CT molecular complexity index is 568. The lowest BCUT2D eigenvalue weighted by Crippen LogP contribution is -2.28. The van der Waals surface area contributed by atoms with Gasteiger partial charge >= 0.3 is 0 Å². The zero-order chi connectivity index (χ0) is 13.8. The molecule has 0 aliphatic carbocycles. The van der Waals surface area contributed by atoms with Gasteiger partial charge in [0.1, 0.15) is 6.04 Å². The molecule has 3 heteroatoms. The van der Waals surface area contributed by atoms with Crippen molar-refractivity contribution in [3.8, 4) is 0 Å². The normalized spacial score (nSPS) is 21.4. The fraction of sp³-hybridized carbons (Fsp3) is 0.235. The molecule has 2 aromatic carbocycles. The summed E-state index contributed by atoms with van der Waals surface area (Å²) in [6.45, 7) is 0.739. The van der Waals surface area contributed by atoms with Crippen LogP contribution in [0.15, 0.2) is 65.7 Å². The molecule has 1 N–H and O–H groups in total. The highest BCUT2D eigenvalue weighted by molar-refractivity contribution is 5.61. The number of aliphatic hydroxyl groups is 1. The van der Waals surface area contributed by atoms with E-state index in [2.05, 4.69) is 34.2 Å². The number of nitrogens with zero attached hydrogens (tertiary/aromatic N) is 2. The Kier molecular flexibility index (Phi) is 3.79. The average molecular weight is 266 g/mol. The number of β-amino-alcohol motifs (C(OH)–C–C–N with tert-alkyl or cyclic N) is 1. The Balaban J connectivity index is 1.96. The third-order valence-corrected chi connectivity index (χ3v) is 3.67. The van der Waals surface area contributed by atoms with Crippen LogP contribution in [0.2, 0.25) is 0 Å². The molecule has 2 unspecified atom stereocenters. The van der Waals surface area contributed by atoms with Crippen molar-refractivity contribution < 1.29 is 5.11 Å². The van der Waals surface area contributed by atoms with Gasteiger partial charge in [-0.05, 0) is 11.1 Å². The van der Waals surface area contributed by atoms with E-state index in [1.165, 1.54) is 11.1 Å². The van der Waals surface area contributed by atoms with Gasteiger partial charge in [0.05, 0.1) is 19.0 Å². The molecule has 0 saturated carbocycles. The number of hydrogen-bond donors (Lipinski definition) is 1. The Morgan fingerprint density at radius 2 is 1.50 bits per heavy atom. The molecule has 2 aromatic rings. The van der Waals surface area contributed by atoms with E-state index in [9.17, 15) is 5.11 Å². The maximum Gasteiger partial charge on any atom is 0.101 e. The Hall–Kier alpha value is -2.13. The summed E-state index contributed by atoms with van der Waals surface area (Å²) >= 11 is 0. The van der Waals surface area contributed by atoms with Gasteiger partial charge in [0.15, 0.2) is 0 Å². The Morgan fingerprint density at radius 3 is 2.10 bits per heavy atom. The molecular weight excluding hydrogens is 248 g/mol. The molecule has 0 fully saturated rings. The molecule has 1 heterocycles. The van der Waals surface area contributed by atoms with E-state index in [1.807, 2.05) is 42.7 Å². The van der Waals surface area contributed by atoms with Crippen LogP contribution in [0.3, 0.4) is 0 Å². The van der Waals surface area contributed by atoms with Gasteiger partial charge in [0, 0.05) is 6.54 Å². The van der Waals surface area contributed by atoms with Crippen molar-refractivity contribution >= 4 is 6.34 Å². The number of aliphatic imine (C=N–C) groups is 1. The SMILES string of the molecule is OCCN1C=NC(c2ccccc2)C1c1ccccc1. The summed E-state index contributed by atoms with van der Waals surface area (Å²) in [5, 5.41) is 9.24. The molecule has 0 spiro atoms. The minimum atomic E-state index is 0.0881. The summed E-state index contributed by atoms with van der Waals surface area (Å²) in [4.78, 5) is 6.77. The first kappa shape index (κ1) is 12.9. The van der Waals surface area contributed by atoms with Crippen LogP contribution in [0.25, 0.3) is 0 Å². The van der Waals surface area contributed by atoms with Crippen molar-refractivity contribution in [1.82, 2.24) is 4.90 Å². The molecule has 0 amide bonds. The molecule has 0 radical (unpaired) electrons. The quantitative estimate of drug-likeness (QED) is 0.923. The van der Waals surface area contributed by atoms with Crippen LogP contribution in [-0.4, -0.2) is 29.5 Å². The monoisotopic (exact) mass is 266 g/mol. The smallest absolute Gasteiger partial charge is 0.101 e. The number of rotatable bonds is 4. The Morgan fingerprint density at radius 1 is 0.900 bits per heavy atom. The second-order valence-corrected chi connectivity index (χ2v) is 4.94. The molecule has 0 bridgehead atoms. The largest absolute Gasteiger partial charge is 0.395 e. The zero-order valence-electron chi connectivity index (χ0n) is 11.3. The van der Waals surface area contributed by atoms with Gasteiger partial charge in [0.25, 0.3) is 0 Å². The maximum absolute atomic E-state index is 9.24. The van der Waals surface area contributed by atoms with E-state index >= 15 is 0 Å². The summed E-state index contributed by atoms with van der Waals surface area (Å²) in [6.07, 6.45) is 1.87. The van der Waals surface area contributed by atoms with E-state index in [0.29, 0.717) is 6.54 Å². The number of aliphatic hydroxyl groups excluding tert-OH is 1. The summed E-state index contributed by atoms with van der Waals surface area (Å²) in [5.41, 5.74) is 2.44. The molecule has 102 valence electrons. The van der Waals surface area contributed by atoms with Gasteiger partial charge in [-0.15, -0.1) is 0 Å². The lowest BCUT2D eigenvalue weighted by atomic mass is 9.94. The lowest BCUT2D eigenvalue weighted by molar-refractivity contribution is 0.222. The first-order valence-corrected chi connectivity index (χ1v) is 6.90. The van der Waals surface area contributed by atoms with Gasteiger partial charge in [-0.2, -0.15) is 0 Å². The highest BCUT2D eigenvalue weighted by Crippen LogP contribution is 2.39. The van der Waals surface area contributed by atoms with E-state index in [-0.39, 0.29) is 18.7 Å². The summed E-state index contributed by atoms with van der Waals surface area (Å²) < 4.78 is 0. The van der Waals surface area contributed by atoms with Crippen LogP contribution in [0.1, 0.15) is 23.2 Å². The molecule has 1 aliphatic heterocycles. The maximum atomic E-state index is 9.24. The van der Waals surface area contributed by atoms with Gasteiger partial charge in [-0.3, -0.25) is 4.99 Å². The van der Waals surface area contributed by atoms with Crippen molar-refractivity contribution in [3.05, 3.63) is 71.8 Å². The van der Waals surface area contributed by atoms with Gasteiger partial charge in [-0.25, -0.2) is 0 Å². The third-order valence-electron chi connectivity index (χ3n) is 3.67. The molecule has 3 nitrogen and oxygen atoms in total. The third kappa shape index (κ3) is 2.45. The van der Waals surface area contributed by atoms with Crippen molar-refractivity contribution in [2.24, 2.45) is 4.99 Å². The predicted octanol–water partition coefficient (Wildman–Crippen LogP) is 2.81. The Labute approximate surface area is 119 Å². The average Bonchev–Trinajstić information content (AvgIpc) is 2.93. The first-order chi connectivity index (χ1) is 9.90. The molecule has 20 heavy (non-hydrogen) atoms. The molecule has 3 rings (SSSR count). The molecule has 2 atom stereocenters. The topological polar surface area (TPSA) is 35.8 Å². The van der Waals surface area contributed by atoms with Crippen LogP contribution in [0.4, 0.5) is 0 Å². The standard InChI is InChI=1S/C17H18N2O/c20-12-11-19-13-18-16(14-7-3-1-4-8-14)17(19)15-9-5-2-6-10-15/h1-10,13,16-17,20H,11-12H2. The van der Waals surface area contributed by atoms with Crippen LogP contribution in [0.5, 0.6) is 0 Å². The van der Waals surface area contributed by atoms with Crippen LogP contribution in [-0.2, 0) is 0 Å². The molecule has 0 aromatic heterocycles.